The average Bonchev–Trinajstić information content (AvgIpc) is 3.51. The summed E-state index contributed by atoms with van der Waals surface area (Å²) in [4.78, 5) is 0. The van der Waals surface area contributed by atoms with E-state index in [4.69, 9.17) is 35.3 Å². The maximum absolute atomic E-state index is 7.19. The number of unbranched alkanes of at least 4 members (excludes halogenated alkanes) is 2. The second kappa shape index (κ2) is 18.8. The molecule has 8 rings (SSSR count). The van der Waals surface area contributed by atoms with E-state index in [0.29, 0.717) is 11.5 Å². The van der Waals surface area contributed by atoms with Crippen LogP contribution in [0.5, 0.6) is 23.0 Å². The lowest BCUT2D eigenvalue weighted by Crippen LogP contribution is -1.96. The Kier molecular flexibility index (Phi) is 13.2. The minimum Gasteiger partial charge on any atom is -0.497 e. The van der Waals surface area contributed by atoms with Gasteiger partial charge in [0.2, 0.25) is 0 Å². The first-order valence-corrected chi connectivity index (χ1v) is 24.5. The zero-order valence-corrected chi connectivity index (χ0v) is 41.1. The van der Waals surface area contributed by atoms with E-state index in [1.165, 1.54) is 0 Å². The fraction of sp³-hybridized carbons (Fsp3) is 0.333. The van der Waals surface area contributed by atoms with Gasteiger partial charge in [0.05, 0.1) is 14.2 Å². The van der Waals surface area contributed by atoms with E-state index in [0.717, 1.165) is 161 Å². The molecule has 2 aromatic heterocycles. The minimum absolute atomic E-state index is 0.646. The number of fused-ring (bicyclic) bond motifs is 6. The number of benzene rings is 6. The minimum atomic E-state index is -2.05. The monoisotopic (exact) mass is 898 g/mol. The van der Waals surface area contributed by atoms with E-state index >= 15 is 0 Å². The summed E-state index contributed by atoms with van der Waals surface area (Å²) >= 11 is 0. The number of ether oxygens (including phenoxy) is 2. The number of aryl methyl sites for hydroxylation is 10. The van der Waals surface area contributed by atoms with E-state index < -0.39 is 16.5 Å². The molecule has 10 heteroatoms. The first kappa shape index (κ1) is 44.9. The predicted octanol–water partition coefficient (Wildman–Crippen LogP) is 17.4. The molecule has 0 aliphatic carbocycles. The number of rotatable bonds is 13. The van der Waals surface area contributed by atoms with Gasteiger partial charge in [-0.05, 0) is 185 Å². The zero-order valence-electron chi connectivity index (χ0n) is 39.3. The molecule has 334 valence electrons. The van der Waals surface area contributed by atoms with Gasteiger partial charge in [0.15, 0.2) is 0 Å². The lowest BCUT2D eigenvalue weighted by atomic mass is 9.95. The highest BCUT2D eigenvalue weighted by Gasteiger charge is 2.24. The fourth-order valence-corrected chi connectivity index (χ4v) is 11.5. The molecule has 0 radical (unpaired) electrons. The molecule has 0 atom stereocenters. The van der Waals surface area contributed by atoms with Crippen molar-refractivity contribution in [2.45, 2.75) is 108 Å². The van der Waals surface area contributed by atoms with Gasteiger partial charge in [0, 0.05) is 32.7 Å². The summed E-state index contributed by atoms with van der Waals surface area (Å²) in [7, 11) is -0.609. The van der Waals surface area contributed by atoms with E-state index in [1.54, 1.807) is 14.2 Å². The molecule has 64 heavy (non-hydrogen) atoms. The highest BCUT2D eigenvalue weighted by atomic mass is 31.1. The van der Waals surface area contributed by atoms with Crippen LogP contribution in [0.15, 0.2) is 89.6 Å². The van der Waals surface area contributed by atoms with Crippen molar-refractivity contribution in [2.24, 2.45) is 0 Å². The van der Waals surface area contributed by atoms with Crippen LogP contribution in [0.4, 0.5) is 0 Å². The molecule has 0 bridgehead atoms. The Morgan fingerprint density at radius 1 is 0.406 bits per heavy atom. The van der Waals surface area contributed by atoms with Crippen molar-refractivity contribution < 1.29 is 35.3 Å². The predicted molar refractivity (Wildman–Crippen MR) is 265 cm³/mol. The molecular weight excluding hydrogens is 839 g/mol. The van der Waals surface area contributed by atoms with Crippen LogP contribution in [-0.4, -0.2) is 14.2 Å². The van der Waals surface area contributed by atoms with Gasteiger partial charge in [0.1, 0.15) is 45.3 Å². The SMILES string of the molecule is CCCCc1cc(OC)cc2c1op(Oc1c(C)cc(C)cc1-c1cc(C)cc(C)c1Op1oc3c(C)cc(C)cc3c3cc(C)cc(C)c3o1)oc1c(CCCC)cc(OC)cc12. The molecule has 0 amide bonds. The Balaban J connectivity index is 1.37. The molecule has 0 saturated carbocycles. The summed E-state index contributed by atoms with van der Waals surface area (Å²) in [6.07, 6.45) is 5.64. The second-order valence-corrected chi connectivity index (χ2v) is 19.4. The van der Waals surface area contributed by atoms with E-state index in [-0.39, 0.29) is 0 Å². The van der Waals surface area contributed by atoms with Crippen LogP contribution < -0.4 is 18.5 Å². The van der Waals surface area contributed by atoms with Crippen LogP contribution in [0.1, 0.15) is 95.2 Å². The smallest absolute Gasteiger partial charge is 0.453 e. The Labute approximate surface area is 378 Å². The third-order valence-electron chi connectivity index (χ3n) is 11.9. The average molecular weight is 899 g/mol. The third-order valence-corrected chi connectivity index (χ3v) is 13.9. The molecule has 0 N–H and O–H groups in total. The highest BCUT2D eigenvalue weighted by Crippen LogP contribution is 2.50. The summed E-state index contributed by atoms with van der Waals surface area (Å²) in [5.74, 6) is 2.82. The first-order chi connectivity index (χ1) is 30.8. The van der Waals surface area contributed by atoms with Gasteiger partial charge < -0.3 is 35.3 Å². The summed E-state index contributed by atoms with van der Waals surface area (Å²) in [5.41, 5.74) is 15.2. The molecule has 8 nitrogen and oxygen atoms in total. The lowest BCUT2D eigenvalue weighted by Gasteiger charge is -2.18. The van der Waals surface area contributed by atoms with Crippen molar-refractivity contribution in [1.29, 1.82) is 0 Å². The van der Waals surface area contributed by atoms with Crippen LogP contribution in [0, 0.1) is 55.4 Å². The Morgan fingerprint density at radius 2 is 0.750 bits per heavy atom. The van der Waals surface area contributed by atoms with Gasteiger partial charge in [0.25, 0.3) is 0 Å². The molecule has 0 fully saturated rings. The maximum Gasteiger partial charge on any atom is 0.453 e. The van der Waals surface area contributed by atoms with E-state index in [2.05, 4.69) is 130 Å². The molecule has 2 heterocycles. The number of methoxy groups -OCH3 is 2. The molecule has 6 aromatic carbocycles. The Bertz CT molecular complexity index is 3010. The number of hydrogen-bond donors (Lipinski definition) is 0. The first-order valence-electron chi connectivity index (χ1n) is 22.3. The van der Waals surface area contributed by atoms with Gasteiger partial charge in [-0.2, -0.15) is 0 Å². The van der Waals surface area contributed by atoms with Crippen molar-refractivity contribution in [3.8, 4) is 34.1 Å². The van der Waals surface area contributed by atoms with Crippen molar-refractivity contribution in [2.75, 3.05) is 14.2 Å². The van der Waals surface area contributed by atoms with Crippen molar-refractivity contribution in [3.05, 3.63) is 128 Å². The van der Waals surface area contributed by atoms with Gasteiger partial charge in [-0.1, -0.05) is 51.0 Å². The Morgan fingerprint density at radius 3 is 1.12 bits per heavy atom. The van der Waals surface area contributed by atoms with Gasteiger partial charge in [-0.3, -0.25) is 0 Å². The number of hydrogen-bond acceptors (Lipinski definition) is 8. The van der Waals surface area contributed by atoms with Crippen LogP contribution in [0.2, 0.25) is 0 Å². The largest absolute Gasteiger partial charge is 0.497 e. The third kappa shape index (κ3) is 9.01. The van der Waals surface area contributed by atoms with Gasteiger partial charge >= 0.3 is 16.5 Å². The lowest BCUT2D eigenvalue weighted by molar-refractivity contribution is 0.414. The summed E-state index contributed by atoms with van der Waals surface area (Å²) in [6.45, 7) is 21.1. The van der Waals surface area contributed by atoms with Crippen LogP contribution >= 0.6 is 16.5 Å². The van der Waals surface area contributed by atoms with Crippen LogP contribution in [0.3, 0.4) is 0 Å². The Hall–Kier alpha value is -5.68. The topological polar surface area (TPSA) is 89.5 Å². The molecule has 0 aliphatic heterocycles. The molecule has 8 aromatic rings. The maximum atomic E-state index is 7.19. The van der Waals surface area contributed by atoms with Crippen molar-refractivity contribution >= 4 is 60.4 Å². The van der Waals surface area contributed by atoms with E-state index in [1.807, 2.05) is 12.1 Å². The van der Waals surface area contributed by atoms with Crippen LogP contribution in [0.25, 0.3) is 55.0 Å². The fourth-order valence-electron chi connectivity index (χ4n) is 8.94. The summed E-state index contributed by atoms with van der Waals surface area (Å²) in [5, 5.41) is 3.78. The summed E-state index contributed by atoms with van der Waals surface area (Å²) < 4.78 is 53.8. The standard InChI is InChI=1S/C54H60O8P2/c1-13-15-17-39-27-41(55-11)29-47-48-30-42(56-12)28-40(18-16-14-2)54(48)62-64(61-53(39)47)60-52-38(10)22-34(6)26-46(52)45-25-33(5)21-37(9)51(45)59-63-57-49-35(7)19-31(3)23-43(49)44-24-32(4)20-36(8)50(44)58-63/h19-30H,13-18H2,1-12H3. The van der Waals surface area contributed by atoms with Crippen molar-refractivity contribution in [3.63, 3.8) is 0 Å². The summed E-state index contributed by atoms with van der Waals surface area (Å²) in [6, 6.07) is 25.4. The van der Waals surface area contributed by atoms with Gasteiger partial charge in [-0.25, -0.2) is 0 Å². The quantitative estimate of drug-likeness (QED) is 0.113. The molecule has 0 unspecified atom stereocenters. The molecule has 0 aliphatic rings. The molecule has 0 saturated heterocycles. The molecule has 0 spiro atoms. The van der Waals surface area contributed by atoms with Crippen LogP contribution in [-0.2, 0) is 12.8 Å². The van der Waals surface area contributed by atoms with Gasteiger partial charge in [-0.15, -0.1) is 0 Å². The van der Waals surface area contributed by atoms with E-state index in [9.17, 15) is 0 Å². The second-order valence-electron chi connectivity index (χ2n) is 17.4. The normalized spacial score (nSPS) is 11.5. The highest BCUT2D eigenvalue weighted by molar-refractivity contribution is 7.32. The van der Waals surface area contributed by atoms with Crippen molar-refractivity contribution in [1.82, 2.24) is 0 Å². The molecular formula is C54H60O8P2. The zero-order chi connectivity index (χ0) is 45.4.